The second-order valence-electron chi connectivity index (χ2n) is 13.0. The van der Waals surface area contributed by atoms with Crippen molar-refractivity contribution in [3.05, 3.63) is 60.7 Å². The molecule has 0 spiro atoms. The molecule has 0 saturated heterocycles. The summed E-state index contributed by atoms with van der Waals surface area (Å²) in [5.41, 5.74) is -1.63. The first-order valence-corrected chi connectivity index (χ1v) is 15.0. The average molecular weight is 615 g/mol. The van der Waals surface area contributed by atoms with E-state index in [4.69, 9.17) is 23.2 Å². The lowest BCUT2D eigenvalue weighted by Gasteiger charge is -2.68. The number of benzene rings is 1. The Morgan fingerprint density at radius 1 is 1.09 bits per heavy atom. The molecular weight excluding hydrogens is 569 g/mol. The second kappa shape index (κ2) is 12.3. The number of halogens is 2. The molecule has 1 heterocycles. The Hall–Kier alpha value is -3.24. The van der Waals surface area contributed by atoms with E-state index in [9.17, 15) is 9.90 Å². The van der Waals surface area contributed by atoms with E-state index in [1.54, 1.807) is 30.4 Å². The highest BCUT2D eigenvalue weighted by Gasteiger charge is 2.77. The van der Waals surface area contributed by atoms with Crippen LogP contribution in [-0.4, -0.2) is 57.3 Å². The predicted molar refractivity (Wildman–Crippen MR) is 168 cm³/mol. The summed E-state index contributed by atoms with van der Waals surface area (Å²) >= 11 is 0. The maximum absolute atomic E-state index is 15.4. The van der Waals surface area contributed by atoms with Crippen molar-refractivity contribution in [1.82, 2.24) is 0 Å². The van der Waals surface area contributed by atoms with E-state index in [-0.39, 0.29) is 24.5 Å². The van der Waals surface area contributed by atoms with Crippen LogP contribution in [0.1, 0.15) is 58.9 Å². The number of hydrogen-bond acceptors (Lipinski definition) is 6. The fraction of sp³-hybridized carbons (Fsp3) is 0.529. The van der Waals surface area contributed by atoms with Gasteiger partial charge in [0.1, 0.15) is 5.92 Å². The molecule has 4 rings (SSSR count). The van der Waals surface area contributed by atoms with Crippen LogP contribution in [0.4, 0.5) is 8.63 Å². The SMILES string of the molecule is C=CC[C@@]12C[C@@H](CC=C(C)C)C(C)(C)[C@@](CC=C)(C(=O)C3C(/C=C/c4cc(OC)c(OC)c(OC)c4)=[O+][B-](F)(F)OC31)C2O. The van der Waals surface area contributed by atoms with Crippen molar-refractivity contribution in [1.29, 1.82) is 0 Å². The lowest BCUT2D eigenvalue weighted by atomic mass is 9.36. The number of allylic oxidation sites excluding steroid dienone is 5. The zero-order valence-corrected chi connectivity index (χ0v) is 26.8. The number of aliphatic hydroxyl groups is 1. The van der Waals surface area contributed by atoms with E-state index in [0.717, 1.165) is 5.57 Å². The number of ketones is 2. The fourth-order valence-corrected chi connectivity index (χ4v) is 7.98. The minimum atomic E-state index is -4.81. The van der Waals surface area contributed by atoms with Gasteiger partial charge in [-0.3, -0.25) is 4.79 Å². The van der Waals surface area contributed by atoms with Gasteiger partial charge in [0.25, 0.3) is 5.78 Å². The maximum atomic E-state index is 15.4. The monoisotopic (exact) mass is 614 g/mol. The van der Waals surface area contributed by atoms with Crippen molar-refractivity contribution in [3.8, 4) is 17.2 Å². The van der Waals surface area contributed by atoms with E-state index >= 15 is 8.63 Å². The fourth-order valence-electron chi connectivity index (χ4n) is 7.98. The Morgan fingerprint density at radius 2 is 1.70 bits per heavy atom. The molecule has 1 aromatic rings. The molecule has 3 unspecified atom stereocenters. The molecule has 0 amide bonds. The molecule has 1 N–H and O–H groups in total. The highest BCUT2D eigenvalue weighted by molar-refractivity contribution is 6.50. The normalized spacial score (nSPS) is 31.9. The van der Waals surface area contributed by atoms with Gasteiger partial charge in [-0.2, -0.15) is 0 Å². The number of carbonyl (C=O) groups is 1. The molecule has 10 heteroatoms. The number of fused-ring (bicyclic) bond motifs is 4. The van der Waals surface area contributed by atoms with Gasteiger partial charge in [-0.1, -0.05) is 37.6 Å². The van der Waals surface area contributed by atoms with Crippen LogP contribution in [0, 0.1) is 28.1 Å². The van der Waals surface area contributed by atoms with Crippen molar-refractivity contribution < 1.29 is 41.7 Å². The summed E-state index contributed by atoms with van der Waals surface area (Å²) in [5, 5.41) is 12.3. The third-order valence-corrected chi connectivity index (χ3v) is 10.2. The zero-order chi connectivity index (χ0) is 32.7. The lowest BCUT2D eigenvalue weighted by Crippen LogP contribution is -2.77. The van der Waals surface area contributed by atoms with Crippen molar-refractivity contribution >= 4 is 24.7 Å². The van der Waals surface area contributed by atoms with Crippen LogP contribution in [0.15, 0.2) is 55.2 Å². The van der Waals surface area contributed by atoms with E-state index in [1.165, 1.54) is 27.4 Å². The largest absolute Gasteiger partial charge is 0.932 e. The molecule has 3 aliphatic rings. The first-order chi connectivity index (χ1) is 20.7. The van der Waals surface area contributed by atoms with Crippen LogP contribution in [0.2, 0.25) is 0 Å². The standard InChI is InChI=1S/C34H45BF2O7/c1-10-16-33-20-23(14-12-21(3)4)32(5,6)34(17-11-2,31(33)39)29(38)27-24(43-35(36,37)44-30(27)33)15-13-22-18-25(40-7)28(42-9)26(19-22)41-8/h10-13,15,18-19,23,27,30-31,39H,1-2,14,16-17,20H2,3-9H3/b15-13+/t23-,27?,30?,31?,33-,34+/m1/s1. The van der Waals surface area contributed by atoms with Gasteiger partial charge in [0.15, 0.2) is 17.3 Å². The van der Waals surface area contributed by atoms with E-state index in [1.807, 2.05) is 27.7 Å². The molecule has 0 aromatic heterocycles. The molecule has 2 bridgehead atoms. The quantitative estimate of drug-likeness (QED) is 0.0983. The van der Waals surface area contributed by atoms with E-state index in [0.29, 0.717) is 35.7 Å². The van der Waals surface area contributed by atoms with E-state index in [2.05, 4.69) is 19.2 Å². The Bertz CT molecular complexity index is 1370. The number of methoxy groups -OCH3 is 3. The smallest absolute Gasteiger partial charge is 0.493 e. The van der Waals surface area contributed by atoms with Gasteiger partial charge in [-0.25, -0.2) is 0 Å². The number of hydrogen-bond donors (Lipinski definition) is 1. The van der Waals surface area contributed by atoms with Gasteiger partial charge in [-0.15, -0.1) is 13.2 Å². The molecule has 7 nitrogen and oxygen atoms in total. The summed E-state index contributed by atoms with van der Waals surface area (Å²) in [5.74, 6) is -0.777. The minimum absolute atomic E-state index is 0.114. The van der Waals surface area contributed by atoms with Crippen LogP contribution >= 0.6 is 0 Å². The van der Waals surface area contributed by atoms with Crippen LogP contribution in [0.3, 0.4) is 0 Å². The van der Waals surface area contributed by atoms with E-state index < -0.39 is 47.3 Å². The molecular formula is C34H45BF2O7. The highest BCUT2D eigenvalue weighted by atomic mass is 19.3. The molecule has 2 saturated carbocycles. The van der Waals surface area contributed by atoms with Gasteiger partial charge in [0.2, 0.25) is 5.75 Å². The first kappa shape index (κ1) is 33.7. The number of Topliss-reactive ketones (excluding diaryl/α,β-unsaturated/α-hetero) is 1. The number of rotatable bonds is 11. The lowest BCUT2D eigenvalue weighted by molar-refractivity contribution is -0.392. The summed E-state index contributed by atoms with van der Waals surface area (Å²) in [6.45, 7) is 15.8. The van der Waals surface area contributed by atoms with Crippen molar-refractivity contribution in [2.45, 2.75) is 65.6 Å². The maximum Gasteiger partial charge on any atom is 0.932 e. The van der Waals surface area contributed by atoms with Crippen LogP contribution < -0.4 is 14.2 Å². The van der Waals surface area contributed by atoms with Crippen molar-refractivity contribution in [2.24, 2.45) is 28.1 Å². The Morgan fingerprint density at radius 3 is 2.23 bits per heavy atom. The third-order valence-electron chi connectivity index (χ3n) is 10.2. The molecule has 2 aliphatic carbocycles. The summed E-state index contributed by atoms with van der Waals surface area (Å²) in [6, 6.07) is 3.32. The molecule has 240 valence electrons. The second-order valence-corrected chi connectivity index (χ2v) is 13.0. The van der Waals surface area contributed by atoms with Gasteiger partial charge >= 0.3 is 7.11 Å². The first-order valence-electron chi connectivity index (χ1n) is 15.0. The number of ether oxygens (including phenoxy) is 3. The molecule has 6 atom stereocenters. The van der Waals surface area contributed by atoms with Crippen LogP contribution in [-0.2, 0) is 13.8 Å². The predicted octanol–water partition coefficient (Wildman–Crippen LogP) is 6.69. The van der Waals surface area contributed by atoms with Crippen molar-refractivity contribution in [3.63, 3.8) is 0 Å². The van der Waals surface area contributed by atoms with Gasteiger partial charge < -0.3 is 36.9 Å². The zero-order valence-electron chi connectivity index (χ0n) is 26.8. The topological polar surface area (TPSA) is 85.5 Å². The highest BCUT2D eigenvalue weighted by Crippen LogP contribution is 2.69. The number of aliphatic hydroxyl groups excluding tert-OH is 1. The van der Waals surface area contributed by atoms with Crippen molar-refractivity contribution in [2.75, 3.05) is 21.3 Å². The Labute approximate surface area is 259 Å². The van der Waals surface area contributed by atoms with Gasteiger partial charge in [0.05, 0.1) is 39.0 Å². The molecule has 0 radical (unpaired) electrons. The number of carbonyl (C=O) groups excluding carboxylic acids is 2. The molecule has 1 aromatic carbocycles. The third kappa shape index (κ3) is 5.24. The Kier molecular flexibility index (Phi) is 9.39. The molecule has 2 fully saturated rings. The minimum Gasteiger partial charge on any atom is -0.493 e. The summed E-state index contributed by atoms with van der Waals surface area (Å²) in [4.78, 5) is 14.9. The van der Waals surface area contributed by atoms with Gasteiger partial charge in [-0.05, 0) is 74.6 Å². The Balaban J connectivity index is 1.93. The molecule has 1 aliphatic heterocycles. The van der Waals surface area contributed by atoms with Gasteiger partial charge in [0, 0.05) is 11.5 Å². The van der Waals surface area contributed by atoms with Crippen LogP contribution in [0.25, 0.3) is 6.08 Å². The molecule has 44 heavy (non-hydrogen) atoms. The summed E-state index contributed by atoms with van der Waals surface area (Å²) in [7, 11) is -0.380. The summed E-state index contributed by atoms with van der Waals surface area (Å²) in [6.07, 6.45) is 7.03. The van der Waals surface area contributed by atoms with Crippen LogP contribution in [0.5, 0.6) is 17.2 Å². The average Bonchev–Trinajstić information content (AvgIpc) is 2.96. The summed E-state index contributed by atoms with van der Waals surface area (Å²) < 4.78 is 57.7.